The second-order valence-electron chi connectivity index (χ2n) is 5.58. The van der Waals surface area contributed by atoms with Crippen LogP contribution >= 0.6 is 11.6 Å². The van der Waals surface area contributed by atoms with Crippen molar-refractivity contribution < 1.29 is 4.39 Å². The van der Waals surface area contributed by atoms with Crippen LogP contribution in [0.2, 0.25) is 5.02 Å². The van der Waals surface area contributed by atoms with Gasteiger partial charge in [0.05, 0.1) is 16.6 Å². The standard InChI is InChI=1S/C20H12ClFN2O/c21-14-6-11-18-17(12-14)20(25)24(16-9-7-15(22)8-10-16)19(23-18)13-4-2-1-3-5-13/h1-12H. The molecule has 25 heavy (non-hydrogen) atoms. The van der Waals surface area contributed by atoms with Gasteiger partial charge < -0.3 is 0 Å². The summed E-state index contributed by atoms with van der Waals surface area (Å²) in [5, 5.41) is 0.876. The molecule has 0 aliphatic carbocycles. The van der Waals surface area contributed by atoms with E-state index in [9.17, 15) is 9.18 Å². The van der Waals surface area contributed by atoms with E-state index in [4.69, 9.17) is 11.6 Å². The lowest BCUT2D eigenvalue weighted by Gasteiger charge is -2.14. The van der Waals surface area contributed by atoms with Crippen molar-refractivity contribution in [1.29, 1.82) is 0 Å². The third kappa shape index (κ3) is 2.81. The fraction of sp³-hybridized carbons (Fsp3) is 0. The highest BCUT2D eigenvalue weighted by Crippen LogP contribution is 2.23. The first-order valence-electron chi connectivity index (χ1n) is 7.67. The Morgan fingerprint density at radius 3 is 2.36 bits per heavy atom. The van der Waals surface area contributed by atoms with E-state index in [1.165, 1.54) is 16.7 Å². The van der Waals surface area contributed by atoms with E-state index in [1.807, 2.05) is 30.3 Å². The van der Waals surface area contributed by atoms with Gasteiger partial charge in [0, 0.05) is 10.6 Å². The van der Waals surface area contributed by atoms with Crippen LogP contribution < -0.4 is 5.56 Å². The molecule has 0 spiro atoms. The number of hydrogen-bond acceptors (Lipinski definition) is 2. The number of fused-ring (bicyclic) bond motifs is 1. The highest BCUT2D eigenvalue weighted by Gasteiger charge is 2.14. The Morgan fingerprint density at radius 1 is 0.920 bits per heavy atom. The summed E-state index contributed by atoms with van der Waals surface area (Å²) in [5.41, 5.74) is 1.64. The average Bonchev–Trinajstić information content (AvgIpc) is 2.64. The summed E-state index contributed by atoms with van der Waals surface area (Å²) in [5.74, 6) is 0.127. The number of rotatable bonds is 2. The van der Waals surface area contributed by atoms with Gasteiger partial charge in [-0.2, -0.15) is 0 Å². The van der Waals surface area contributed by atoms with Crippen molar-refractivity contribution in [3.63, 3.8) is 0 Å². The van der Waals surface area contributed by atoms with Crippen LogP contribution in [0.3, 0.4) is 0 Å². The molecule has 0 fully saturated rings. The van der Waals surface area contributed by atoms with Gasteiger partial charge in [0.2, 0.25) is 0 Å². The summed E-state index contributed by atoms with van der Waals surface area (Å²) in [4.78, 5) is 17.8. The lowest BCUT2D eigenvalue weighted by atomic mass is 10.1. The molecule has 0 amide bonds. The van der Waals surface area contributed by atoms with E-state index in [0.717, 1.165) is 5.56 Å². The number of nitrogens with zero attached hydrogens (tertiary/aromatic N) is 2. The third-order valence-corrected chi connectivity index (χ3v) is 4.18. The molecule has 0 N–H and O–H groups in total. The van der Waals surface area contributed by atoms with Gasteiger partial charge in [-0.25, -0.2) is 9.37 Å². The molecule has 0 bridgehead atoms. The van der Waals surface area contributed by atoms with Crippen molar-refractivity contribution in [2.75, 3.05) is 0 Å². The van der Waals surface area contributed by atoms with E-state index < -0.39 is 0 Å². The van der Waals surface area contributed by atoms with Gasteiger partial charge in [0.15, 0.2) is 0 Å². The molecule has 0 aliphatic heterocycles. The van der Waals surface area contributed by atoms with Gasteiger partial charge in [-0.15, -0.1) is 0 Å². The van der Waals surface area contributed by atoms with Gasteiger partial charge >= 0.3 is 0 Å². The first-order valence-corrected chi connectivity index (χ1v) is 8.05. The fourth-order valence-electron chi connectivity index (χ4n) is 2.77. The summed E-state index contributed by atoms with van der Waals surface area (Å²) < 4.78 is 14.8. The second-order valence-corrected chi connectivity index (χ2v) is 6.02. The molecule has 3 nitrogen and oxygen atoms in total. The maximum absolute atomic E-state index is 13.3. The van der Waals surface area contributed by atoms with Crippen LogP contribution in [0.1, 0.15) is 0 Å². The predicted molar refractivity (Wildman–Crippen MR) is 97.7 cm³/mol. The van der Waals surface area contributed by atoms with Crippen molar-refractivity contribution in [3.05, 3.63) is 94.0 Å². The molecule has 5 heteroatoms. The Morgan fingerprint density at radius 2 is 1.64 bits per heavy atom. The highest BCUT2D eigenvalue weighted by atomic mass is 35.5. The molecule has 0 saturated carbocycles. The molecule has 3 aromatic carbocycles. The molecule has 0 saturated heterocycles. The fourth-order valence-corrected chi connectivity index (χ4v) is 2.94. The van der Waals surface area contributed by atoms with Crippen LogP contribution in [0, 0.1) is 5.82 Å². The Kier molecular flexibility index (Phi) is 3.82. The Balaban J connectivity index is 2.12. The summed E-state index contributed by atoms with van der Waals surface area (Å²) in [6.45, 7) is 0. The summed E-state index contributed by atoms with van der Waals surface area (Å²) >= 11 is 6.04. The lowest BCUT2D eigenvalue weighted by Crippen LogP contribution is -2.22. The van der Waals surface area contributed by atoms with Gasteiger partial charge in [-0.05, 0) is 42.5 Å². The second kappa shape index (κ2) is 6.15. The number of aromatic nitrogens is 2. The SMILES string of the molecule is O=c1c2cc(Cl)ccc2nc(-c2ccccc2)n1-c1ccc(F)cc1. The molecule has 1 heterocycles. The van der Waals surface area contributed by atoms with Crippen LogP contribution in [-0.4, -0.2) is 9.55 Å². The van der Waals surface area contributed by atoms with Crippen molar-refractivity contribution in [1.82, 2.24) is 9.55 Å². The van der Waals surface area contributed by atoms with Crippen molar-refractivity contribution in [3.8, 4) is 17.1 Å². The first kappa shape index (κ1) is 15.5. The zero-order chi connectivity index (χ0) is 17.4. The van der Waals surface area contributed by atoms with Crippen LogP contribution in [0.4, 0.5) is 4.39 Å². The highest BCUT2D eigenvalue weighted by molar-refractivity contribution is 6.31. The monoisotopic (exact) mass is 350 g/mol. The average molecular weight is 351 g/mol. The van der Waals surface area contributed by atoms with E-state index in [2.05, 4.69) is 4.98 Å². The largest absolute Gasteiger partial charge is 0.268 e. The molecule has 0 atom stereocenters. The molecule has 1 aromatic heterocycles. The van der Waals surface area contributed by atoms with Crippen LogP contribution in [0.15, 0.2) is 77.6 Å². The Labute approximate surface area is 148 Å². The maximum Gasteiger partial charge on any atom is 0.266 e. The zero-order valence-electron chi connectivity index (χ0n) is 13.0. The van der Waals surface area contributed by atoms with Crippen molar-refractivity contribution in [2.45, 2.75) is 0 Å². The van der Waals surface area contributed by atoms with E-state index in [-0.39, 0.29) is 11.4 Å². The molecular weight excluding hydrogens is 339 g/mol. The third-order valence-electron chi connectivity index (χ3n) is 3.95. The summed E-state index contributed by atoms with van der Waals surface area (Å²) in [7, 11) is 0. The summed E-state index contributed by atoms with van der Waals surface area (Å²) in [6, 6.07) is 20.2. The minimum Gasteiger partial charge on any atom is -0.268 e. The lowest BCUT2D eigenvalue weighted by molar-refractivity contribution is 0.627. The van der Waals surface area contributed by atoms with Gasteiger partial charge in [-0.3, -0.25) is 9.36 Å². The minimum absolute atomic E-state index is 0.252. The smallest absolute Gasteiger partial charge is 0.266 e. The van der Waals surface area contributed by atoms with Gasteiger partial charge in [0.1, 0.15) is 11.6 Å². The van der Waals surface area contributed by atoms with Crippen LogP contribution in [0.5, 0.6) is 0 Å². The topological polar surface area (TPSA) is 34.9 Å². The summed E-state index contributed by atoms with van der Waals surface area (Å²) in [6.07, 6.45) is 0. The maximum atomic E-state index is 13.3. The number of hydrogen-bond donors (Lipinski definition) is 0. The Bertz CT molecular complexity index is 1120. The van der Waals surface area contributed by atoms with Crippen molar-refractivity contribution >= 4 is 22.5 Å². The van der Waals surface area contributed by atoms with Crippen LogP contribution in [-0.2, 0) is 0 Å². The van der Waals surface area contributed by atoms with Gasteiger partial charge in [0.25, 0.3) is 5.56 Å². The zero-order valence-corrected chi connectivity index (χ0v) is 13.7. The van der Waals surface area contributed by atoms with Crippen LogP contribution in [0.25, 0.3) is 28.0 Å². The molecule has 0 unspecified atom stereocenters. The van der Waals surface area contributed by atoms with E-state index in [0.29, 0.717) is 27.4 Å². The first-order chi connectivity index (χ1) is 12.1. The van der Waals surface area contributed by atoms with Crippen molar-refractivity contribution in [2.24, 2.45) is 0 Å². The normalized spacial score (nSPS) is 11.0. The molecular formula is C20H12ClFN2O. The molecule has 0 radical (unpaired) electrons. The van der Waals surface area contributed by atoms with E-state index in [1.54, 1.807) is 30.3 Å². The minimum atomic E-state index is -0.366. The Hall–Kier alpha value is -2.98. The molecule has 4 aromatic rings. The quantitative estimate of drug-likeness (QED) is 0.518. The molecule has 4 rings (SSSR count). The van der Waals surface area contributed by atoms with Gasteiger partial charge in [-0.1, -0.05) is 41.9 Å². The number of halogens is 2. The molecule has 0 aliphatic rings. The molecule has 122 valence electrons. The number of benzene rings is 3. The van der Waals surface area contributed by atoms with E-state index >= 15 is 0 Å². The predicted octanol–water partition coefficient (Wildman–Crippen LogP) is 4.85.